The summed E-state index contributed by atoms with van der Waals surface area (Å²) in [7, 11) is 5.66. The quantitative estimate of drug-likeness (QED) is 0.0587. The maximum absolute atomic E-state index is 13.0. The van der Waals surface area contributed by atoms with Crippen LogP contribution in [0.15, 0.2) is 109 Å². The van der Waals surface area contributed by atoms with E-state index in [1.165, 1.54) is 95.2 Å². The molecule has 12 aliphatic heterocycles. The van der Waals surface area contributed by atoms with Gasteiger partial charge < -0.3 is 58.6 Å². The van der Waals surface area contributed by atoms with Crippen LogP contribution in [0.25, 0.3) is 0 Å². The van der Waals surface area contributed by atoms with Gasteiger partial charge in [0, 0.05) is 135 Å². The molecule has 29 nitrogen and oxygen atoms in total. The predicted octanol–water partition coefficient (Wildman–Crippen LogP) is 13.6. The highest BCUT2D eigenvalue weighted by molar-refractivity contribution is 5.91. The Bertz CT molecular complexity index is 5930. The number of nitro groups is 2. The first-order chi connectivity index (χ1) is 67.1. The molecule has 18 aliphatic rings. The van der Waals surface area contributed by atoms with Crippen LogP contribution in [0.2, 0.25) is 0 Å². The molecule has 6 saturated carbocycles. The van der Waals surface area contributed by atoms with Gasteiger partial charge in [0.25, 0.3) is 0 Å². The Morgan fingerprint density at radius 3 is 0.894 bits per heavy atom. The van der Waals surface area contributed by atoms with E-state index in [0.717, 1.165) is 118 Å². The Labute approximate surface area is 823 Å². The van der Waals surface area contributed by atoms with E-state index in [0.29, 0.717) is 51.5 Å². The van der Waals surface area contributed by atoms with Crippen molar-refractivity contribution in [2.24, 2.45) is 107 Å². The number of fused-ring (bicyclic) bond motifs is 6. The van der Waals surface area contributed by atoms with Crippen molar-refractivity contribution in [2.75, 3.05) is 74.3 Å². The number of methoxy groups -OCH3 is 4. The van der Waals surface area contributed by atoms with Crippen molar-refractivity contribution in [1.82, 2.24) is 29.4 Å². The Balaban J connectivity index is 0.000000108. The Kier molecular flexibility index (Phi) is 25.1. The summed E-state index contributed by atoms with van der Waals surface area (Å²) in [5, 5.41) is 41.9. The number of hydrogen-bond acceptors (Lipinski definition) is 20. The van der Waals surface area contributed by atoms with Crippen molar-refractivity contribution in [1.29, 1.82) is 0 Å². The normalized spacial score (nSPS) is 34.9. The number of carbonyl (C=O) groups excluding carboxylic acids is 10. The molecule has 0 aromatic heterocycles. The number of hydrogen-bond donors (Lipinski definition) is 2. The minimum absolute atomic E-state index is 0.00815. The zero-order valence-electron chi connectivity index (χ0n) is 83.8. The smallest absolute Gasteiger partial charge is 0.328 e. The average molecular weight is 1930 g/mol. The lowest BCUT2D eigenvalue weighted by molar-refractivity contribution is -0.491. The fourth-order valence-corrected chi connectivity index (χ4v) is 33.2. The summed E-state index contributed by atoms with van der Waals surface area (Å²) in [5.74, 6) is -0.909. The van der Waals surface area contributed by atoms with Crippen molar-refractivity contribution in [3.05, 3.63) is 224 Å². The summed E-state index contributed by atoms with van der Waals surface area (Å²) in [6, 6.07) is 37.0. The van der Waals surface area contributed by atoms with E-state index in [1.807, 2.05) is 47.6 Å². The SMILES string of the molecule is COC(=O)[C@@H]1Cc2cc(C)ccc2[C@@]23C[C@H](C)[C@@H](C[N+](=O)[O-])[C@@H]2CC(=O)N13.COC(=O)[C@@H]1[C@@H](C)C[C@@]23c4ccc(C)cc4CCN2C(=O)C[C@@H]13.COC(=O)[C@@H]1[C@@H](C)C[C@@]23c4ccc(C)cc4CCN2C(=O)C[C@@H]13.COC(=O)[C@@H]1[C@@H](C)C[C@@]23c4ccc(O)cc4CCN2C(=O)C[C@@H]13.Cc1ccc2c(c1)CCN1C(=O)C[C@H]3[C@H](C(=O)O)[C@@H](C)C[C@]231.Cc1ccc2c(c1)CCN1C(=O)C[C@H]3[C@H](C[N+](=O)[O-])[C@@H](C)C[C@]231. The van der Waals surface area contributed by atoms with E-state index in [4.69, 9.17) is 18.9 Å². The van der Waals surface area contributed by atoms with Gasteiger partial charge in [-0.2, -0.15) is 0 Å². The molecule has 141 heavy (non-hydrogen) atoms. The van der Waals surface area contributed by atoms with Crippen molar-refractivity contribution in [2.45, 2.75) is 231 Å². The van der Waals surface area contributed by atoms with E-state index in [1.54, 1.807) is 17.0 Å². The highest BCUT2D eigenvalue weighted by atomic mass is 16.6. The van der Waals surface area contributed by atoms with E-state index in [2.05, 4.69) is 150 Å². The summed E-state index contributed by atoms with van der Waals surface area (Å²) in [6.45, 7) is 26.4. The maximum Gasteiger partial charge on any atom is 0.328 e. The molecule has 12 fully saturated rings. The number of amides is 6. The second-order valence-electron chi connectivity index (χ2n) is 45.0. The highest BCUT2D eigenvalue weighted by Gasteiger charge is 2.73. The molecule has 25 atom stereocenters. The molecule has 24 rings (SSSR count). The van der Waals surface area contributed by atoms with Gasteiger partial charge in [0.05, 0.1) is 85.3 Å². The molecule has 748 valence electrons. The van der Waals surface area contributed by atoms with Gasteiger partial charge in [-0.1, -0.05) is 166 Å². The number of carbonyl (C=O) groups is 11. The number of phenolic OH excluding ortho intramolecular Hbond substituents is 1. The van der Waals surface area contributed by atoms with Gasteiger partial charge in [0.2, 0.25) is 48.5 Å². The molecule has 6 amide bonds. The lowest BCUT2D eigenvalue weighted by Gasteiger charge is -2.48. The van der Waals surface area contributed by atoms with Crippen molar-refractivity contribution < 1.29 is 91.7 Å². The molecule has 6 aromatic rings. The van der Waals surface area contributed by atoms with Gasteiger partial charge in [0.1, 0.15) is 11.8 Å². The predicted molar refractivity (Wildman–Crippen MR) is 517 cm³/mol. The molecular formula is C112H134N8O21. The third kappa shape index (κ3) is 14.9. The summed E-state index contributed by atoms with van der Waals surface area (Å²) in [5.41, 5.74) is 18.4. The number of aryl methyl sites for hydroxylation is 5. The van der Waals surface area contributed by atoms with Gasteiger partial charge in [-0.05, 0) is 220 Å². The largest absolute Gasteiger partial charge is 0.508 e. The van der Waals surface area contributed by atoms with E-state index < -0.39 is 35.0 Å². The lowest BCUT2D eigenvalue weighted by atomic mass is 9.72. The Hall–Kier alpha value is -11.9. The van der Waals surface area contributed by atoms with Gasteiger partial charge in [-0.25, -0.2) is 4.79 Å². The van der Waals surface area contributed by atoms with E-state index in [9.17, 15) is 83.2 Å². The zero-order chi connectivity index (χ0) is 101. The third-order valence-electron chi connectivity index (χ3n) is 38.0. The van der Waals surface area contributed by atoms with Crippen LogP contribution in [-0.2, 0) is 143 Å². The topological polar surface area (TPSA) is 371 Å². The molecule has 0 radical (unpaired) electrons. The number of rotatable bonds is 9. The van der Waals surface area contributed by atoms with E-state index >= 15 is 0 Å². The minimum Gasteiger partial charge on any atom is -0.508 e. The van der Waals surface area contributed by atoms with Crippen LogP contribution < -0.4 is 0 Å². The Morgan fingerprint density at radius 1 is 0.333 bits per heavy atom. The summed E-state index contributed by atoms with van der Waals surface area (Å²) in [4.78, 5) is 171. The first-order valence-electron chi connectivity index (χ1n) is 51.1. The highest BCUT2D eigenvalue weighted by Crippen LogP contribution is 2.69. The fourth-order valence-electron chi connectivity index (χ4n) is 33.2. The van der Waals surface area contributed by atoms with Gasteiger partial charge in [0.15, 0.2) is 0 Å². The zero-order valence-corrected chi connectivity index (χ0v) is 83.8. The molecule has 6 spiro atoms. The number of nitrogens with zero attached hydrogens (tertiary/aromatic N) is 8. The fraction of sp³-hybridized carbons (Fsp3) is 0.580. The number of benzene rings is 6. The molecule has 6 saturated heterocycles. The second kappa shape index (κ2) is 36.2. The van der Waals surface area contributed by atoms with Crippen LogP contribution in [0, 0.1) is 161 Å². The van der Waals surface area contributed by atoms with Crippen LogP contribution in [0.4, 0.5) is 0 Å². The van der Waals surface area contributed by atoms with Crippen LogP contribution in [-0.4, -0.2) is 195 Å². The summed E-state index contributed by atoms with van der Waals surface area (Å²) in [6.07, 6.45) is 12.0. The average Bonchev–Trinajstić information content (AvgIpc) is 1.44. The summed E-state index contributed by atoms with van der Waals surface area (Å²) >= 11 is 0. The maximum atomic E-state index is 13.0. The molecular weight excluding hydrogens is 1790 g/mol. The molecule has 12 heterocycles. The van der Waals surface area contributed by atoms with E-state index in [-0.39, 0.29) is 211 Å². The summed E-state index contributed by atoms with van der Waals surface area (Å²) < 4.78 is 20.2. The number of aliphatic carboxylic acids is 1. The van der Waals surface area contributed by atoms with Gasteiger partial charge >= 0.3 is 29.8 Å². The molecule has 6 aromatic carbocycles. The van der Waals surface area contributed by atoms with Crippen molar-refractivity contribution in [3.8, 4) is 5.75 Å². The lowest BCUT2D eigenvalue weighted by Crippen LogP contribution is -2.57. The van der Waals surface area contributed by atoms with Gasteiger partial charge in [-0.15, -0.1) is 0 Å². The molecule has 6 aliphatic carbocycles. The standard InChI is InChI=1S/C20H24N2O5.2C19H23NO3.C18H22N2O3.C18H21NO4.C18H21NO3/c1-11-4-5-15-13(6-11)7-17(19(24)27-3)22-18(23)8-16-14(10-21(25)26)12(2)9-20(15,16)22;2*1-11-4-5-14-13(8-11)6-7-20-16(21)9-15-17(18(22)23-3)12(2)10-19(14,15)20;1-11-3-4-15-13(7-11)5-6-19-17(21)8-16-14(10-20(22)23)12(2)9-18(15,16)19;1-10-9-18-13-4-3-12(20)7-11(13)5-6-19(18)15(21)8-14(18)16(10)17(22)23-2;1-10-3-4-13-12(7-10)5-6-19-15(20)8-14-16(17(21)22)11(2)9-18(13,14)19/h4-6,12,14,16-17H,7-10H2,1-3H3;2*4-5,8,12,15,17H,6-7,9-10H2,1-3H3;3-4,7,12,14,16H,5-6,8-10H2,1-2H3;3-4,7,10,14,16,20H,5-6,8-9H2,1-2H3;3-4,7,11,14,16H,5-6,8-9H2,1-2H3,(H,21,22)/t12-,14+,16-,17-,20-;2*12-,15-,17+,19-;12-,14+,16-,18-;10-,14-,16+,18-;11-,14-,16+,18-/m000000/s1. The third-order valence-corrected chi connectivity index (χ3v) is 38.0. The number of carboxylic acids is 1. The van der Waals surface area contributed by atoms with Crippen molar-refractivity contribution in [3.63, 3.8) is 0 Å². The first kappa shape index (κ1) is 97.9. The van der Waals surface area contributed by atoms with Crippen LogP contribution >= 0.6 is 0 Å². The van der Waals surface area contributed by atoms with Gasteiger partial charge in [-0.3, -0.25) is 68.2 Å². The number of aromatic hydroxyl groups is 1. The molecule has 2 N–H and O–H groups in total. The van der Waals surface area contributed by atoms with Crippen LogP contribution in [0.1, 0.15) is 213 Å². The minimum atomic E-state index is -0.747. The number of phenols is 1. The molecule has 29 heteroatoms. The first-order valence-corrected chi connectivity index (χ1v) is 51.1. The van der Waals surface area contributed by atoms with Crippen LogP contribution in [0.3, 0.4) is 0 Å². The number of ether oxygens (including phenoxy) is 4. The molecule has 0 unspecified atom stereocenters. The number of carboxylic acid groups (broad SMARTS) is 1. The monoisotopic (exact) mass is 1930 g/mol. The van der Waals surface area contributed by atoms with Crippen molar-refractivity contribution >= 4 is 65.3 Å². The second-order valence-corrected chi connectivity index (χ2v) is 45.0. The molecule has 0 bridgehead atoms. The number of esters is 4. The van der Waals surface area contributed by atoms with Crippen LogP contribution in [0.5, 0.6) is 5.75 Å². The Morgan fingerprint density at radius 2 is 0.582 bits per heavy atom.